The first-order valence-electron chi connectivity index (χ1n) is 8.92. The van der Waals surface area contributed by atoms with Crippen molar-refractivity contribution in [3.8, 4) is 0 Å². The maximum Gasteiger partial charge on any atom is 0.0644 e. The normalized spacial score (nSPS) is 13.8. The van der Waals surface area contributed by atoms with Gasteiger partial charge in [-0.3, -0.25) is 0 Å². The standard InChI is InChI=1S/C22H34O/c1-3-5-6-7-8-9-10-11-12-13-14-15-16-17-18-19-20-22(4-2)21-23/h5-6,8-9,11-12,16-20,23H,3-4,7,10,13-15,21H2,1-2H3. The summed E-state index contributed by atoms with van der Waals surface area (Å²) in [5.74, 6) is 0. The second kappa shape index (κ2) is 18.4. The van der Waals surface area contributed by atoms with Crippen molar-refractivity contribution in [2.75, 3.05) is 6.61 Å². The van der Waals surface area contributed by atoms with Crippen LogP contribution in [0.1, 0.15) is 58.8 Å². The number of rotatable bonds is 13. The number of unbranched alkanes of at least 4 members (excludes halogenated alkanes) is 2. The van der Waals surface area contributed by atoms with E-state index >= 15 is 0 Å². The number of aliphatic hydroxyl groups excluding tert-OH is 1. The van der Waals surface area contributed by atoms with Gasteiger partial charge in [-0.2, -0.15) is 0 Å². The molecule has 0 aromatic rings. The molecule has 0 aliphatic rings. The Kier molecular flexibility index (Phi) is 17.2. The molecule has 0 amide bonds. The van der Waals surface area contributed by atoms with Crippen LogP contribution in [0.2, 0.25) is 0 Å². The molecule has 1 N–H and O–H groups in total. The minimum absolute atomic E-state index is 0.154. The van der Waals surface area contributed by atoms with Crippen molar-refractivity contribution in [2.24, 2.45) is 0 Å². The van der Waals surface area contributed by atoms with Crippen molar-refractivity contribution in [1.82, 2.24) is 0 Å². The molecule has 0 fully saturated rings. The lowest BCUT2D eigenvalue weighted by atomic mass is 10.2. The fraction of sp³-hybridized carbons (Fsp3) is 0.455. The van der Waals surface area contributed by atoms with Gasteiger partial charge in [-0.1, -0.05) is 80.7 Å². The van der Waals surface area contributed by atoms with Crippen LogP contribution in [0.3, 0.4) is 0 Å². The molecule has 1 heteroatoms. The van der Waals surface area contributed by atoms with Crippen LogP contribution in [0.15, 0.2) is 72.4 Å². The van der Waals surface area contributed by atoms with Gasteiger partial charge in [0.25, 0.3) is 0 Å². The van der Waals surface area contributed by atoms with Gasteiger partial charge in [0.05, 0.1) is 6.61 Å². The van der Waals surface area contributed by atoms with Gasteiger partial charge in [0.2, 0.25) is 0 Å². The van der Waals surface area contributed by atoms with E-state index in [0.717, 1.165) is 44.1 Å². The SMILES string of the molecule is CCC=CCC=CCC=CCCCC=CC=CC=C(CC)CO. The lowest BCUT2D eigenvalue weighted by Gasteiger charge is -1.94. The number of hydrogen-bond acceptors (Lipinski definition) is 1. The highest BCUT2D eigenvalue weighted by atomic mass is 16.3. The van der Waals surface area contributed by atoms with Crippen molar-refractivity contribution >= 4 is 0 Å². The zero-order valence-corrected chi connectivity index (χ0v) is 15.0. The van der Waals surface area contributed by atoms with E-state index in [4.69, 9.17) is 5.11 Å². The molecule has 0 aliphatic carbocycles. The Labute approximate surface area is 143 Å². The Morgan fingerprint density at radius 1 is 0.739 bits per heavy atom. The molecule has 0 aromatic heterocycles. The second-order valence-corrected chi connectivity index (χ2v) is 5.37. The molecule has 0 bridgehead atoms. The molecule has 0 aromatic carbocycles. The van der Waals surface area contributed by atoms with E-state index in [0.29, 0.717) is 0 Å². The second-order valence-electron chi connectivity index (χ2n) is 5.37. The minimum atomic E-state index is 0.154. The quantitative estimate of drug-likeness (QED) is 0.235. The van der Waals surface area contributed by atoms with Crippen molar-refractivity contribution in [2.45, 2.75) is 58.8 Å². The van der Waals surface area contributed by atoms with Crippen LogP contribution >= 0.6 is 0 Å². The Morgan fingerprint density at radius 3 is 2.04 bits per heavy atom. The van der Waals surface area contributed by atoms with E-state index in [9.17, 15) is 0 Å². The predicted molar refractivity (Wildman–Crippen MR) is 105 cm³/mol. The van der Waals surface area contributed by atoms with E-state index in [1.54, 1.807) is 0 Å². The van der Waals surface area contributed by atoms with Crippen LogP contribution in [0, 0.1) is 0 Å². The van der Waals surface area contributed by atoms with Gasteiger partial charge < -0.3 is 5.11 Å². The fourth-order valence-electron chi connectivity index (χ4n) is 1.89. The average Bonchev–Trinajstić information content (AvgIpc) is 2.58. The molecule has 128 valence electrons. The smallest absolute Gasteiger partial charge is 0.0644 e. The van der Waals surface area contributed by atoms with Gasteiger partial charge in [-0.15, -0.1) is 0 Å². The van der Waals surface area contributed by atoms with Crippen molar-refractivity contribution in [3.63, 3.8) is 0 Å². The molecule has 0 spiro atoms. The Hall–Kier alpha value is -1.60. The van der Waals surface area contributed by atoms with E-state index < -0.39 is 0 Å². The molecule has 0 rings (SSSR count). The monoisotopic (exact) mass is 314 g/mol. The summed E-state index contributed by atoms with van der Waals surface area (Å²) in [6, 6.07) is 0. The van der Waals surface area contributed by atoms with Crippen LogP contribution < -0.4 is 0 Å². The maximum atomic E-state index is 9.02. The first kappa shape index (κ1) is 21.4. The van der Waals surface area contributed by atoms with Crippen LogP contribution in [0.25, 0.3) is 0 Å². The zero-order chi connectivity index (χ0) is 17.0. The van der Waals surface area contributed by atoms with E-state index in [-0.39, 0.29) is 6.61 Å². The molecular weight excluding hydrogens is 280 g/mol. The van der Waals surface area contributed by atoms with E-state index in [1.807, 2.05) is 18.2 Å². The third-order valence-corrected chi connectivity index (χ3v) is 3.37. The minimum Gasteiger partial charge on any atom is -0.392 e. The lowest BCUT2D eigenvalue weighted by Crippen LogP contribution is -1.85. The zero-order valence-electron chi connectivity index (χ0n) is 15.0. The van der Waals surface area contributed by atoms with Crippen LogP contribution in [0.5, 0.6) is 0 Å². The van der Waals surface area contributed by atoms with Crippen LogP contribution in [0.4, 0.5) is 0 Å². The highest BCUT2D eigenvalue weighted by Gasteiger charge is 1.86. The molecule has 0 unspecified atom stereocenters. The fourth-order valence-corrected chi connectivity index (χ4v) is 1.89. The molecule has 0 saturated heterocycles. The lowest BCUT2D eigenvalue weighted by molar-refractivity contribution is 0.328. The molecule has 0 radical (unpaired) electrons. The van der Waals surface area contributed by atoms with E-state index in [2.05, 4.69) is 62.5 Å². The molecule has 0 saturated carbocycles. The molecule has 0 aliphatic heterocycles. The molecular formula is C22H34O. The summed E-state index contributed by atoms with van der Waals surface area (Å²) in [5.41, 5.74) is 1.07. The molecule has 23 heavy (non-hydrogen) atoms. The topological polar surface area (TPSA) is 20.2 Å². The number of hydrogen-bond donors (Lipinski definition) is 1. The van der Waals surface area contributed by atoms with Gasteiger partial charge in [0.1, 0.15) is 0 Å². The molecule has 0 heterocycles. The first-order chi connectivity index (χ1) is 11.3. The molecule has 0 atom stereocenters. The summed E-state index contributed by atoms with van der Waals surface area (Å²) in [7, 11) is 0. The largest absolute Gasteiger partial charge is 0.392 e. The summed E-state index contributed by atoms with van der Waals surface area (Å²) >= 11 is 0. The first-order valence-corrected chi connectivity index (χ1v) is 8.92. The van der Waals surface area contributed by atoms with Crippen molar-refractivity contribution < 1.29 is 5.11 Å². The highest BCUT2D eigenvalue weighted by molar-refractivity contribution is 5.16. The van der Waals surface area contributed by atoms with Gasteiger partial charge in [0, 0.05) is 0 Å². The van der Waals surface area contributed by atoms with Gasteiger partial charge >= 0.3 is 0 Å². The maximum absolute atomic E-state index is 9.02. The van der Waals surface area contributed by atoms with Crippen LogP contribution in [-0.4, -0.2) is 11.7 Å². The third-order valence-electron chi connectivity index (χ3n) is 3.37. The van der Waals surface area contributed by atoms with Gasteiger partial charge in [-0.05, 0) is 50.5 Å². The summed E-state index contributed by atoms with van der Waals surface area (Å²) in [4.78, 5) is 0. The van der Waals surface area contributed by atoms with Crippen molar-refractivity contribution in [1.29, 1.82) is 0 Å². The Balaban J connectivity index is 3.59. The Morgan fingerprint density at radius 2 is 1.39 bits per heavy atom. The number of aliphatic hydroxyl groups is 1. The Bertz CT molecular complexity index is 413. The predicted octanol–water partition coefficient (Wildman–Crippen LogP) is 6.46. The van der Waals surface area contributed by atoms with E-state index in [1.165, 1.54) is 6.42 Å². The van der Waals surface area contributed by atoms with Crippen molar-refractivity contribution in [3.05, 3.63) is 72.4 Å². The van der Waals surface area contributed by atoms with Crippen LogP contribution in [-0.2, 0) is 0 Å². The third kappa shape index (κ3) is 16.6. The van der Waals surface area contributed by atoms with Gasteiger partial charge in [0.15, 0.2) is 0 Å². The summed E-state index contributed by atoms with van der Waals surface area (Å²) in [5, 5.41) is 9.02. The average molecular weight is 315 g/mol. The summed E-state index contributed by atoms with van der Waals surface area (Å²) in [6.45, 7) is 4.37. The highest BCUT2D eigenvalue weighted by Crippen LogP contribution is 2.01. The molecule has 1 nitrogen and oxygen atoms in total. The summed E-state index contributed by atoms with van der Waals surface area (Å²) < 4.78 is 0. The number of allylic oxidation sites excluding steroid dienone is 11. The summed E-state index contributed by atoms with van der Waals surface area (Å²) in [6.07, 6.45) is 31.2. The van der Waals surface area contributed by atoms with Gasteiger partial charge in [-0.25, -0.2) is 0 Å².